The van der Waals surface area contributed by atoms with Gasteiger partial charge in [0, 0.05) is 67.2 Å². The van der Waals surface area contributed by atoms with Gasteiger partial charge in [-0.1, -0.05) is 26.2 Å². The molecule has 9 nitrogen and oxygen atoms in total. The van der Waals surface area contributed by atoms with Crippen LogP contribution in [0.5, 0.6) is 0 Å². The van der Waals surface area contributed by atoms with Crippen LogP contribution >= 0.6 is 0 Å². The number of piperazine rings is 1. The maximum atomic E-state index is 13.8. The van der Waals surface area contributed by atoms with Crippen LogP contribution < -0.4 is 15.8 Å². The maximum absolute atomic E-state index is 13.8. The number of rotatable bonds is 9. The van der Waals surface area contributed by atoms with Crippen LogP contribution in [0, 0.1) is 6.92 Å². The van der Waals surface area contributed by atoms with Crippen molar-refractivity contribution in [3.63, 3.8) is 0 Å². The van der Waals surface area contributed by atoms with E-state index in [1.165, 1.54) is 12.8 Å². The Labute approximate surface area is 259 Å². The van der Waals surface area contributed by atoms with Crippen LogP contribution in [0.4, 0.5) is 5.82 Å². The van der Waals surface area contributed by atoms with Gasteiger partial charge in [-0.25, -0.2) is 4.98 Å². The third-order valence-electron chi connectivity index (χ3n) is 9.39. The summed E-state index contributed by atoms with van der Waals surface area (Å²) in [5.74, 6) is 0.774. The third kappa shape index (κ3) is 6.15. The van der Waals surface area contributed by atoms with Crippen LogP contribution in [0.15, 0.2) is 47.5 Å². The van der Waals surface area contributed by atoms with E-state index in [0.29, 0.717) is 23.2 Å². The largest absolute Gasteiger partial charge is 0.354 e. The molecule has 0 bridgehead atoms. The number of amides is 1. The topological polar surface area (TPSA) is 99.2 Å². The molecule has 1 saturated heterocycles. The highest BCUT2D eigenvalue weighted by molar-refractivity contribution is 6.08. The van der Waals surface area contributed by atoms with Crippen LogP contribution in [0.3, 0.4) is 0 Å². The zero-order chi connectivity index (χ0) is 30.8. The lowest BCUT2D eigenvalue weighted by Crippen LogP contribution is -2.49. The van der Waals surface area contributed by atoms with Gasteiger partial charge in [0.05, 0.1) is 23.3 Å². The lowest BCUT2D eigenvalue weighted by atomic mass is 10.00. The van der Waals surface area contributed by atoms with E-state index in [0.717, 1.165) is 91.0 Å². The van der Waals surface area contributed by atoms with E-state index in [1.807, 2.05) is 31.5 Å². The molecular formula is C35H45N7O2. The Kier molecular flexibility index (Phi) is 8.84. The predicted molar refractivity (Wildman–Crippen MR) is 176 cm³/mol. The number of nitrogens with zero attached hydrogens (tertiary/aromatic N) is 5. The van der Waals surface area contributed by atoms with Gasteiger partial charge in [0.25, 0.3) is 11.5 Å². The van der Waals surface area contributed by atoms with Crippen LogP contribution in [0.25, 0.3) is 22.0 Å². The molecule has 1 aromatic carbocycles. The molecule has 0 unspecified atom stereocenters. The molecule has 3 aromatic heterocycles. The molecule has 0 atom stereocenters. The number of benzene rings is 1. The normalized spacial score (nSPS) is 16.3. The number of nitrogens with one attached hydrogen (secondary N) is 2. The standard InChI is InChI=1S/C35H45N7O2/c1-5-8-25-17-24(4)39-35(44)30(25)21-37-34(43)29-18-27(19-32-31(29)22-38-42(32)28-9-6-7-10-28)26-11-12-33(36-20-26)41-15-13-40(14-16-41)23(2)3/h11-12,17-20,22-23,28H,5-10,13-16,21H2,1-4H3,(H,37,43)(H,39,44). The zero-order valence-electron chi connectivity index (χ0n) is 26.5. The van der Waals surface area contributed by atoms with E-state index in [-0.39, 0.29) is 18.0 Å². The number of pyridine rings is 2. The molecule has 44 heavy (non-hydrogen) atoms. The van der Waals surface area contributed by atoms with Gasteiger partial charge in [-0.2, -0.15) is 5.10 Å². The number of aryl methyl sites for hydroxylation is 2. The minimum Gasteiger partial charge on any atom is -0.354 e. The Morgan fingerprint density at radius 3 is 2.50 bits per heavy atom. The second kappa shape index (κ2) is 12.9. The van der Waals surface area contributed by atoms with Gasteiger partial charge in [0.15, 0.2) is 0 Å². The van der Waals surface area contributed by atoms with Crippen molar-refractivity contribution in [1.29, 1.82) is 0 Å². The van der Waals surface area contributed by atoms with E-state index >= 15 is 0 Å². The summed E-state index contributed by atoms with van der Waals surface area (Å²) in [5, 5.41) is 8.68. The third-order valence-corrected chi connectivity index (χ3v) is 9.39. The van der Waals surface area contributed by atoms with E-state index in [4.69, 9.17) is 10.1 Å². The van der Waals surface area contributed by atoms with Gasteiger partial charge in [-0.15, -0.1) is 0 Å². The Balaban J connectivity index is 1.31. The van der Waals surface area contributed by atoms with Crippen molar-refractivity contribution in [2.24, 2.45) is 0 Å². The van der Waals surface area contributed by atoms with E-state index in [9.17, 15) is 9.59 Å². The second-order valence-corrected chi connectivity index (χ2v) is 12.7. The molecule has 1 saturated carbocycles. The number of hydrogen-bond acceptors (Lipinski definition) is 6. The molecule has 2 aliphatic rings. The first-order chi connectivity index (χ1) is 21.3. The van der Waals surface area contributed by atoms with Gasteiger partial charge in [-0.05, 0) is 81.5 Å². The van der Waals surface area contributed by atoms with Crippen LogP contribution in [-0.4, -0.2) is 62.8 Å². The van der Waals surface area contributed by atoms with Crippen molar-refractivity contribution in [2.75, 3.05) is 31.1 Å². The Morgan fingerprint density at radius 1 is 1.05 bits per heavy atom. The predicted octanol–water partition coefficient (Wildman–Crippen LogP) is 5.62. The van der Waals surface area contributed by atoms with Crippen LogP contribution in [0.1, 0.15) is 86.1 Å². The fourth-order valence-corrected chi connectivity index (χ4v) is 6.89. The van der Waals surface area contributed by atoms with Gasteiger partial charge in [0.2, 0.25) is 0 Å². The average Bonchev–Trinajstić information content (AvgIpc) is 3.71. The van der Waals surface area contributed by atoms with Crippen molar-refractivity contribution in [3.05, 3.63) is 75.5 Å². The number of aromatic amines is 1. The quantitative estimate of drug-likeness (QED) is 0.261. The molecule has 1 aliphatic carbocycles. The molecule has 6 rings (SSSR count). The smallest absolute Gasteiger partial charge is 0.253 e. The summed E-state index contributed by atoms with van der Waals surface area (Å²) in [4.78, 5) is 39.3. The molecule has 1 aliphatic heterocycles. The van der Waals surface area contributed by atoms with Gasteiger partial charge in [-0.3, -0.25) is 19.2 Å². The number of hydrogen-bond donors (Lipinski definition) is 2. The number of anilines is 1. The number of carbonyl (C=O) groups excluding carboxylic acids is 1. The zero-order valence-corrected chi connectivity index (χ0v) is 26.5. The summed E-state index contributed by atoms with van der Waals surface area (Å²) < 4.78 is 2.11. The van der Waals surface area contributed by atoms with E-state index < -0.39 is 0 Å². The first kappa shape index (κ1) is 30.1. The van der Waals surface area contributed by atoms with Gasteiger partial charge >= 0.3 is 0 Å². The number of H-pyrrole nitrogens is 1. The summed E-state index contributed by atoms with van der Waals surface area (Å²) in [6, 6.07) is 11.2. The highest BCUT2D eigenvalue weighted by atomic mass is 16.1. The Morgan fingerprint density at radius 2 is 1.82 bits per heavy atom. The van der Waals surface area contributed by atoms with Crippen molar-refractivity contribution in [1.82, 2.24) is 30.0 Å². The second-order valence-electron chi connectivity index (χ2n) is 12.7. The summed E-state index contributed by atoms with van der Waals surface area (Å²) in [5.41, 5.74) is 5.73. The number of fused-ring (bicyclic) bond motifs is 1. The molecule has 0 radical (unpaired) electrons. The monoisotopic (exact) mass is 595 g/mol. The molecule has 2 N–H and O–H groups in total. The molecule has 0 spiro atoms. The fourth-order valence-electron chi connectivity index (χ4n) is 6.89. The number of carbonyl (C=O) groups is 1. The lowest BCUT2D eigenvalue weighted by Gasteiger charge is -2.37. The van der Waals surface area contributed by atoms with E-state index in [1.54, 1.807) is 0 Å². The first-order valence-corrected chi connectivity index (χ1v) is 16.3. The molecule has 2 fully saturated rings. The summed E-state index contributed by atoms with van der Waals surface area (Å²) in [7, 11) is 0. The molecule has 232 valence electrons. The molecule has 9 heteroatoms. The fraction of sp³-hybridized carbons (Fsp3) is 0.486. The molecule has 1 amide bonds. The van der Waals surface area contributed by atoms with E-state index in [2.05, 4.69) is 63.8 Å². The highest BCUT2D eigenvalue weighted by Crippen LogP contribution is 2.35. The molecule has 4 heterocycles. The lowest BCUT2D eigenvalue weighted by molar-refractivity contribution is 0.0952. The van der Waals surface area contributed by atoms with Gasteiger partial charge in [0.1, 0.15) is 5.82 Å². The number of aromatic nitrogens is 4. The first-order valence-electron chi connectivity index (χ1n) is 16.3. The van der Waals surface area contributed by atoms with Crippen molar-refractivity contribution < 1.29 is 4.79 Å². The Hall–Kier alpha value is -3.98. The Bertz CT molecular complexity index is 1670. The van der Waals surface area contributed by atoms with Crippen molar-refractivity contribution >= 4 is 22.6 Å². The molecule has 4 aromatic rings. The minimum absolute atomic E-state index is 0.140. The molecular weight excluding hydrogens is 550 g/mol. The highest BCUT2D eigenvalue weighted by Gasteiger charge is 2.24. The van der Waals surface area contributed by atoms with Crippen molar-refractivity contribution in [2.45, 2.75) is 84.8 Å². The summed E-state index contributed by atoms with van der Waals surface area (Å²) in [6.07, 6.45) is 10.0. The van der Waals surface area contributed by atoms with Crippen molar-refractivity contribution in [3.8, 4) is 11.1 Å². The summed E-state index contributed by atoms with van der Waals surface area (Å²) >= 11 is 0. The van der Waals surface area contributed by atoms with Crippen LogP contribution in [0.2, 0.25) is 0 Å². The SMILES string of the molecule is CCCc1cc(C)[nH]c(=O)c1CNC(=O)c1cc(-c2ccc(N3CCN(C(C)C)CC3)nc2)cc2c1cnn2C1CCCC1. The average molecular weight is 596 g/mol. The maximum Gasteiger partial charge on any atom is 0.253 e. The van der Waals surface area contributed by atoms with Gasteiger partial charge < -0.3 is 15.2 Å². The minimum atomic E-state index is -0.210. The van der Waals surface area contributed by atoms with Crippen LogP contribution in [-0.2, 0) is 13.0 Å². The summed E-state index contributed by atoms with van der Waals surface area (Å²) in [6.45, 7) is 12.7.